The van der Waals surface area contributed by atoms with Crippen molar-refractivity contribution in [2.45, 2.75) is 26.3 Å². The minimum atomic E-state index is -0.287. The van der Waals surface area contributed by atoms with Gasteiger partial charge in [-0.25, -0.2) is 4.79 Å². The van der Waals surface area contributed by atoms with Crippen molar-refractivity contribution < 1.29 is 9.53 Å². The Hall–Kier alpha value is -1.03. The molecule has 1 atom stereocenters. The average molecular weight is 286 g/mol. The van der Waals surface area contributed by atoms with Gasteiger partial charge in [-0.05, 0) is 37.1 Å². The number of anilines is 1. The van der Waals surface area contributed by atoms with Gasteiger partial charge in [-0.2, -0.15) is 0 Å². The van der Waals surface area contributed by atoms with Crippen molar-refractivity contribution >= 4 is 27.6 Å². The molecule has 0 spiro atoms. The number of rotatable bonds is 4. The Morgan fingerprint density at radius 2 is 2.25 bits per heavy atom. The predicted octanol–water partition coefficient (Wildman–Crippen LogP) is 3.12. The molecular weight excluding hydrogens is 270 g/mol. The topological polar surface area (TPSA) is 38.3 Å². The van der Waals surface area contributed by atoms with Crippen LogP contribution >= 0.6 is 15.9 Å². The fourth-order valence-electron chi connectivity index (χ4n) is 1.45. The first kappa shape index (κ1) is 13.0. The highest BCUT2D eigenvalue weighted by Gasteiger charge is 2.16. The Morgan fingerprint density at radius 1 is 1.56 bits per heavy atom. The fourth-order valence-corrected chi connectivity index (χ4v) is 1.92. The Labute approximate surface area is 104 Å². The second-order valence-corrected chi connectivity index (χ2v) is 4.50. The molecule has 0 radical (unpaired) electrons. The molecule has 1 rings (SSSR count). The van der Waals surface area contributed by atoms with E-state index in [9.17, 15) is 4.79 Å². The van der Waals surface area contributed by atoms with Gasteiger partial charge in [-0.1, -0.05) is 22.9 Å². The van der Waals surface area contributed by atoms with E-state index in [2.05, 4.69) is 21.2 Å². The van der Waals surface area contributed by atoms with Crippen LogP contribution in [0.25, 0.3) is 0 Å². The van der Waals surface area contributed by atoms with Gasteiger partial charge in [0.1, 0.15) is 6.04 Å². The molecule has 0 amide bonds. The van der Waals surface area contributed by atoms with E-state index in [0.29, 0.717) is 6.42 Å². The first-order valence-electron chi connectivity index (χ1n) is 5.19. The van der Waals surface area contributed by atoms with Crippen molar-refractivity contribution in [3.63, 3.8) is 0 Å². The molecule has 4 heteroatoms. The lowest BCUT2D eigenvalue weighted by molar-refractivity contribution is -0.141. The lowest BCUT2D eigenvalue weighted by Crippen LogP contribution is -2.30. The lowest BCUT2D eigenvalue weighted by Gasteiger charge is -2.17. The van der Waals surface area contributed by atoms with E-state index in [1.165, 1.54) is 7.11 Å². The zero-order valence-corrected chi connectivity index (χ0v) is 11.3. The highest BCUT2D eigenvalue weighted by molar-refractivity contribution is 9.10. The molecule has 0 aliphatic rings. The SMILES string of the molecule is CCC(Nc1ccc(Br)cc1C)C(=O)OC. The van der Waals surface area contributed by atoms with Crippen molar-refractivity contribution in [1.82, 2.24) is 0 Å². The van der Waals surface area contributed by atoms with Gasteiger partial charge >= 0.3 is 5.97 Å². The van der Waals surface area contributed by atoms with E-state index in [4.69, 9.17) is 4.74 Å². The molecular formula is C12H16BrNO2. The normalized spacial score (nSPS) is 12.0. The van der Waals surface area contributed by atoms with Crippen LogP contribution in [-0.2, 0) is 9.53 Å². The number of benzene rings is 1. The monoisotopic (exact) mass is 285 g/mol. The number of ether oxygens (including phenoxy) is 1. The zero-order chi connectivity index (χ0) is 12.1. The largest absolute Gasteiger partial charge is 0.467 e. The maximum Gasteiger partial charge on any atom is 0.328 e. The van der Waals surface area contributed by atoms with E-state index >= 15 is 0 Å². The molecule has 0 saturated carbocycles. The third-order valence-corrected chi connectivity index (χ3v) is 2.91. The van der Waals surface area contributed by atoms with Crippen molar-refractivity contribution in [3.8, 4) is 0 Å². The number of hydrogen-bond donors (Lipinski definition) is 1. The third kappa shape index (κ3) is 3.23. The number of methoxy groups -OCH3 is 1. The summed E-state index contributed by atoms with van der Waals surface area (Å²) in [5, 5.41) is 3.18. The summed E-state index contributed by atoms with van der Waals surface area (Å²) in [6.45, 7) is 3.94. The van der Waals surface area contributed by atoms with Crippen LogP contribution in [0.3, 0.4) is 0 Å². The maximum absolute atomic E-state index is 11.4. The van der Waals surface area contributed by atoms with Gasteiger partial charge in [0.25, 0.3) is 0 Å². The Balaban J connectivity index is 2.82. The van der Waals surface area contributed by atoms with Crippen LogP contribution in [0.15, 0.2) is 22.7 Å². The molecule has 0 heterocycles. The van der Waals surface area contributed by atoms with E-state index in [0.717, 1.165) is 15.7 Å². The molecule has 0 bridgehead atoms. The minimum Gasteiger partial charge on any atom is -0.467 e. The summed E-state index contributed by atoms with van der Waals surface area (Å²) in [4.78, 5) is 11.4. The van der Waals surface area contributed by atoms with Crippen LogP contribution in [0, 0.1) is 6.92 Å². The van der Waals surface area contributed by atoms with Gasteiger partial charge in [0.15, 0.2) is 0 Å². The standard InChI is InChI=1S/C12H16BrNO2/c1-4-10(12(15)16-3)14-11-6-5-9(13)7-8(11)2/h5-7,10,14H,4H2,1-3H3. The first-order chi connectivity index (χ1) is 7.58. The molecule has 3 nitrogen and oxygen atoms in total. The quantitative estimate of drug-likeness (QED) is 0.864. The van der Waals surface area contributed by atoms with Crippen LogP contribution in [0.2, 0.25) is 0 Å². The molecule has 88 valence electrons. The van der Waals surface area contributed by atoms with Gasteiger partial charge < -0.3 is 10.1 Å². The van der Waals surface area contributed by atoms with Crippen LogP contribution in [0.5, 0.6) is 0 Å². The van der Waals surface area contributed by atoms with E-state index in [1.54, 1.807) is 0 Å². The summed E-state index contributed by atoms with van der Waals surface area (Å²) in [7, 11) is 1.40. The van der Waals surface area contributed by atoms with Crippen LogP contribution in [0.4, 0.5) is 5.69 Å². The van der Waals surface area contributed by atoms with E-state index in [1.807, 2.05) is 32.0 Å². The Kier molecular flexibility index (Phi) is 4.80. The van der Waals surface area contributed by atoms with Gasteiger partial charge in [-0.15, -0.1) is 0 Å². The summed E-state index contributed by atoms with van der Waals surface area (Å²) >= 11 is 3.40. The van der Waals surface area contributed by atoms with Crippen molar-refractivity contribution in [3.05, 3.63) is 28.2 Å². The first-order valence-corrected chi connectivity index (χ1v) is 5.98. The van der Waals surface area contributed by atoms with Crippen LogP contribution in [-0.4, -0.2) is 19.1 Å². The molecule has 0 fully saturated rings. The second-order valence-electron chi connectivity index (χ2n) is 3.59. The van der Waals surface area contributed by atoms with E-state index in [-0.39, 0.29) is 12.0 Å². The van der Waals surface area contributed by atoms with Crippen molar-refractivity contribution in [2.75, 3.05) is 12.4 Å². The molecule has 0 saturated heterocycles. The molecule has 0 aliphatic heterocycles. The van der Waals surface area contributed by atoms with Crippen LogP contribution < -0.4 is 5.32 Å². The summed E-state index contributed by atoms with van der Waals surface area (Å²) in [5.41, 5.74) is 2.05. The molecule has 1 aromatic rings. The highest BCUT2D eigenvalue weighted by atomic mass is 79.9. The van der Waals surface area contributed by atoms with Gasteiger partial charge in [0.05, 0.1) is 7.11 Å². The average Bonchev–Trinajstić information content (AvgIpc) is 2.27. The van der Waals surface area contributed by atoms with Gasteiger partial charge in [0, 0.05) is 10.2 Å². The number of carbonyl (C=O) groups excluding carboxylic acids is 1. The number of esters is 1. The van der Waals surface area contributed by atoms with Crippen LogP contribution in [0.1, 0.15) is 18.9 Å². The smallest absolute Gasteiger partial charge is 0.328 e. The summed E-state index contributed by atoms with van der Waals surface area (Å²) in [6.07, 6.45) is 0.697. The Morgan fingerprint density at radius 3 is 2.75 bits per heavy atom. The molecule has 0 aliphatic carbocycles. The molecule has 0 aromatic heterocycles. The summed E-state index contributed by atoms with van der Waals surface area (Å²) in [6, 6.07) is 5.61. The van der Waals surface area contributed by atoms with Crippen molar-refractivity contribution in [2.24, 2.45) is 0 Å². The van der Waals surface area contributed by atoms with Gasteiger partial charge in [0.2, 0.25) is 0 Å². The summed E-state index contributed by atoms with van der Waals surface area (Å²) < 4.78 is 5.76. The molecule has 1 unspecified atom stereocenters. The second kappa shape index (κ2) is 5.89. The molecule has 16 heavy (non-hydrogen) atoms. The summed E-state index contributed by atoms with van der Waals surface area (Å²) in [5.74, 6) is -0.232. The highest BCUT2D eigenvalue weighted by Crippen LogP contribution is 2.21. The molecule has 1 aromatic carbocycles. The van der Waals surface area contributed by atoms with E-state index < -0.39 is 0 Å². The Bertz CT molecular complexity index is 379. The number of hydrogen-bond acceptors (Lipinski definition) is 3. The number of nitrogens with one attached hydrogen (secondary N) is 1. The predicted molar refractivity (Wildman–Crippen MR) is 68.6 cm³/mol. The third-order valence-electron chi connectivity index (χ3n) is 2.41. The minimum absolute atomic E-state index is 0.232. The maximum atomic E-state index is 11.4. The number of halogens is 1. The fraction of sp³-hybridized carbons (Fsp3) is 0.417. The number of aryl methyl sites for hydroxylation is 1. The molecule has 1 N–H and O–H groups in total. The lowest BCUT2D eigenvalue weighted by atomic mass is 10.1. The zero-order valence-electron chi connectivity index (χ0n) is 9.71. The number of carbonyl (C=O) groups is 1. The van der Waals surface area contributed by atoms with Crippen molar-refractivity contribution in [1.29, 1.82) is 0 Å². The van der Waals surface area contributed by atoms with Gasteiger partial charge in [-0.3, -0.25) is 0 Å².